The molecule has 1 atom stereocenters. The average molecular weight is 542 g/mol. The van der Waals surface area contributed by atoms with Crippen molar-refractivity contribution in [2.24, 2.45) is 11.7 Å². The summed E-state index contributed by atoms with van der Waals surface area (Å²) in [6, 6.07) is 1.99. The van der Waals surface area contributed by atoms with Gasteiger partial charge in [0.25, 0.3) is 0 Å². The lowest BCUT2D eigenvalue weighted by Gasteiger charge is -2.29. The molecule has 4 N–H and O–H groups in total. The van der Waals surface area contributed by atoms with Crippen LogP contribution in [0.2, 0.25) is 10.0 Å². The van der Waals surface area contributed by atoms with Crippen LogP contribution in [0.25, 0.3) is 11.2 Å². The Kier molecular flexibility index (Phi) is 6.63. The van der Waals surface area contributed by atoms with Gasteiger partial charge in [-0.3, -0.25) is 9.36 Å². The number of nitrogens with one attached hydrogen (secondary N) is 2. The Morgan fingerprint density at radius 2 is 1.89 bits per heavy atom. The molecule has 0 radical (unpaired) electrons. The van der Waals surface area contributed by atoms with Gasteiger partial charge in [0.2, 0.25) is 23.7 Å². The summed E-state index contributed by atoms with van der Waals surface area (Å²) in [5.74, 6) is -3.42. The summed E-state index contributed by atoms with van der Waals surface area (Å²) in [7, 11) is 0. The fraction of sp³-hybridized carbons (Fsp3) is 0.478. The summed E-state index contributed by atoms with van der Waals surface area (Å²) in [5, 5.41) is 6.20. The Balaban J connectivity index is 1.52. The Morgan fingerprint density at radius 1 is 1.14 bits per heavy atom. The van der Waals surface area contributed by atoms with Gasteiger partial charge in [0, 0.05) is 35.9 Å². The minimum absolute atomic E-state index is 0.00272. The van der Waals surface area contributed by atoms with E-state index in [4.69, 9.17) is 28.9 Å². The van der Waals surface area contributed by atoms with E-state index in [-0.39, 0.29) is 58.3 Å². The minimum Gasteiger partial charge on any atom is -0.369 e. The van der Waals surface area contributed by atoms with Crippen LogP contribution < -0.4 is 16.4 Å². The zero-order chi connectivity index (χ0) is 25.6. The first-order valence-electron chi connectivity index (χ1n) is 11.7. The van der Waals surface area contributed by atoms with Crippen molar-refractivity contribution in [3.05, 3.63) is 34.2 Å². The number of hydrogen-bond acceptors (Lipinski definition) is 6. The van der Waals surface area contributed by atoms with Crippen LogP contribution in [0.5, 0.6) is 0 Å². The lowest BCUT2D eigenvalue weighted by Crippen LogP contribution is -2.29. The number of fused-ring (bicyclic) bond motifs is 1. The molecule has 2 aliphatic rings. The van der Waals surface area contributed by atoms with Crippen LogP contribution in [0, 0.1) is 11.7 Å². The number of primary amides is 1. The number of amides is 1. The Hall–Kier alpha value is -2.79. The van der Waals surface area contributed by atoms with E-state index < -0.39 is 17.8 Å². The molecule has 1 amide bonds. The highest BCUT2D eigenvalue weighted by molar-refractivity contribution is 6.36. The van der Waals surface area contributed by atoms with Gasteiger partial charge in [-0.05, 0) is 44.2 Å². The maximum absolute atomic E-state index is 14.7. The summed E-state index contributed by atoms with van der Waals surface area (Å²) >= 11 is 12.1. The Labute approximate surface area is 214 Å². The number of nitrogens with two attached hydrogens (primary N) is 1. The highest BCUT2D eigenvalue weighted by Crippen LogP contribution is 2.39. The van der Waals surface area contributed by atoms with Crippen molar-refractivity contribution in [3.8, 4) is 0 Å². The third-order valence-electron chi connectivity index (χ3n) is 6.88. The smallest absolute Gasteiger partial charge is 0.250 e. The van der Waals surface area contributed by atoms with Crippen LogP contribution in [0.3, 0.4) is 0 Å². The highest BCUT2D eigenvalue weighted by Gasteiger charge is 2.39. The normalized spacial score (nSPS) is 23.6. The van der Waals surface area contributed by atoms with Crippen molar-refractivity contribution >= 4 is 57.9 Å². The predicted octanol–water partition coefficient (Wildman–Crippen LogP) is 5.83. The van der Waals surface area contributed by atoms with E-state index >= 15 is 0 Å². The third kappa shape index (κ3) is 5.04. The van der Waals surface area contributed by atoms with Gasteiger partial charge in [-0.15, -0.1) is 0 Å². The van der Waals surface area contributed by atoms with Crippen LogP contribution >= 0.6 is 23.2 Å². The first-order chi connectivity index (χ1) is 17.1. The Morgan fingerprint density at radius 3 is 2.53 bits per heavy atom. The Bertz CT molecular complexity index is 1290. The first-order valence-corrected chi connectivity index (χ1v) is 12.5. The number of carbonyl (C=O) groups is 1. The molecule has 5 rings (SSSR count). The predicted molar refractivity (Wildman–Crippen MR) is 131 cm³/mol. The fourth-order valence-corrected chi connectivity index (χ4v) is 5.56. The number of rotatable bonds is 6. The fourth-order valence-electron chi connectivity index (χ4n) is 5.04. The van der Waals surface area contributed by atoms with Crippen molar-refractivity contribution in [3.63, 3.8) is 0 Å². The summed E-state index contributed by atoms with van der Waals surface area (Å²) in [6.07, 6.45) is 3.74. The third-order valence-corrected chi connectivity index (χ3v) is 7.39. The molecule has 2 aliphatic carbocycles. The number of hydrogen-bond donors (Lipinski definition) is 3. The average Bonchev–Trinajstić information content (AvgIpc) is 3.34. The van der Waals surface area contributed by atoms with E-state index in [1.165, 1.54) is 12.3 Å². The maximum Gasteiger partial charge on any atom is 0.250 e. The molecule has 36 heavy (non-hydrogen) atoms. The van der Waals surface area contributed by atoms with Gasteiger partial charge in [0.15, 0.2) is 5.65 Å². The molecule has 2 fully saturated rings. The van der Waals surface area contributed by atoms with E-state index in [0.29, 0.717) is 43.3 Å². The number of benzene rings is 1. The second-order valence-corrected chi connectivity index (χ2v) is 10.3. The second-order valence-electron chi connectivity index (χ2n) is 9.43. The highest BCUT2D eigenvalue weighted by atomic mass is 35.5. The van der Waals surface area contributed by atoms with Crippen LogP contribution in [0.4, 0.5) is 30.8 Å². The van der Waals surface area contributed by atoms with Crippen molar-refractivity contribution in [2.75, 3.05) is 10.6 Å². The van der Waals surface area contributed by atoms with Gasteiger partial charge in [-0.25, -0.2) is 23.1 Å². The number of aromatic nitrogens is 4. The van der Waals surface area contributed by atoms with Gasteiger partial charge in [0.05, 0.1) is 16.9 Å². The largest absolute Gasteiger partial charge is 0.369 e. The number of alkyl halides is 2. The molecular weight excluding hydrogens is 518 g/mol. The molecule has 0 saturated heterocycles. The van der Waals surface area contributed by atoms with Crippen LogP contribution in [0.1, 0.15) is 51.0 Å². The van der Waals surface area contributed by atoms with Crippen molar-refractivity contribution in [2.45, 2.75) is 63.0 Å². The molecule has 2 saturated carbocycles. The molecule has 192 valence electrons. The maximum atomic E-state index is 14.7. The molecule has 1 aromatic carbocycles. The van der Waals surface area contributed by atoms with Gasteiger partial charge < -0.3 is 16.4 Å². The van der Waals surface area contributed by atoms with Crippen molar-refractivity contribution in [1.82, 2.24) is 19.5 Å². The van der Waals surface area contributed by atoms with Crippen molar-refractivity contribution < 1.29 is 18.0 Å². The topological polar surface area (TPSA) is 111 Å². The van der Waals surface area contributed by atoms with Crippen molar-refractivity contribution in [1.29, 1.82) is 0 Å². The molecular formula is C23H24Cl2F3N7O. The number of nitrogens with zero attached hydrogens (tertiary/aromatic N) is 4. The lowest BCUT2D eigenvalue weighted by atomic mass is 9.85. The van der Waals surface area contributed by atoms with E-state index in [2.05, 4.69) is 25.6 Å². The quantitative estimate of drug-likeness (QED) is 0.362. The van der Waals surface area contributed by atoms with E-state index in [1.807, 2.05) is 4.57 Å². The number of anilines is 3. The molecule has 0 bridgehead atoms. The summed E-state index contributed by atoms with van der Waals surface area (Å²) in [4.78, 5) is 25.1. The van der Waals surface area contributed by atoms with Gasteiger partial charge in [0.1, 0.15) is 11.3 Å². The van der Waals surface area contributed by atoms with E-state index in [0.717, 1.165) is 6.07 Å². The molecule has 3 aromatic rings. The molecule has 0 spiro atoms. The first kappa shape index (κ1) is 24.9. The lowest BCUT2D eigenvalue weighted by molar-refractivity contribution is -0.122. The van der Waals surface area contributed by atoms with E-state index in [1.54, 1.807) is 0 Å². The van der Waals surface area contributed by atoms with Gasteiger partial charge in [-0.2, -0.15) is 4.98 Å². The minimum atomic E-state index is -2.71. The van der Waals surface area contributed by atoms with Crippen LogP contribution in [-0.4, -0.2) is 37.4 Å². The summed E-state index contributed by atoms with van der Waals surface area (Å²) < 4.78 is 43.8. The zero-order valence-corrected chi connectivity index (χ0v) is 20.6. The summed E-state index contributed by atoms with van der Waals surface area (Å²) in [6.45, 7) is 0. The molecule has 2 heterocycles. The SMILES string of the molecule is NC(=O)C1CCC(n2c(Nc3c(F)cc(Cl)cc3Cl)nc3cnc(N[C@H]4CCC(F)(F)C4)nc32)CC1. The van der Waals surface area contributed by atoms with E-state index in [9.17, 15) is 18.0 Å². The van der Waals surface area contributed by atoms with Gasteiger partial charge >= 0.3 is 0 Å². The molecule has 13 heteroatoms. The summed E-state index contributed by atoms with van der Waals surface area (Å²) in [5.41, 5.74) is 6.38. The molecule has 8 nitrogen and oxygen atoms in total. The monoisotopic (exact) mass is 541 g/mol. The molecule has 0 aliphatic heterocycles. The molecule has 2 aromatic heterocycles. The zero-order valence-electron chi connectivity index (χ0n) is 19.1. The second kappa shape index (κ2) is 9.59. The number of carbonyl (C=O) groups excluding carboxylic acids is 1. The number of imidazole rings is 1. The standard InChI is InChI=1S/C23H24Cl2F3N7O/c24-12-7-15(25)18(16(26)8-12)33-22-32-17-10-30-21(31-13-5-6-23(27,28)9-13)34-20(17)35(22)14-3-1-11(2-4-14)19(29)36/h7-8,10-11,13-14H,1-6,9H2,(H2,29,36)(H,32,33)(H,30,31,34)/t11?,13-,14?/m0/s1. The molecule has 0 unspecified atom stereocenters. The van der Waals surface area contributed by atoms with Gasteiger partial charge in [-0.1, -0.05) is 23.2 Å². The van der Waals surface area contributed by atoms with Crippen LogP contribution in [0.15, 0.2) is 18.3 Å². The number of halogens is 5. The van der Waals surface area contributed by atoms with Crippen LogP contribution in [-0.2, 0) is 4.79 Å².